The molecule has 0 unspecified atom stereocenters. The van der Waals surface area contributed by atoms with Crippen molar-refractivity contribution >= 4 is 22.9 Å². The number of carbonyl (C=O) groups is 1. The maximum absolute atomic E-state index is 13.6. The smallest absolute Gasteiger partial charge is 0.225 e. The minimum Gasteiger partial charge on any atom is -0.493 e. The zero-order chi connectivity index (χ0) is 26.4. The van der Waals surface area contributed by atoms with E-state index in [2.05, 4.69) is 49.3 Å². The first-order valence-corrected chi connectivity index (χ1v) is 13.5. The Labute approximate surface area is 222 Å². The number of amides is 1. The van der Waals surface area contributed by atoms with Crippen molar-refractivity contribution in [3.63, 3.8) is 0 Å². The van der Waals surface area contributed by atoms with Crippen LogP contribution in [0.3, 0.4) is 0 Å². The largest absolute Gasteiger partial charge is 0.493 e. The molecule has 1 amide bonds. The maximum atomic E-state index is 13.6. The van der Waals surface area contributed by atoms with E-state index in [4.69, 9.17) is 9.47 Å². The summed E-state index contributed by atoms with van der Waals surface area (Å²) in [6.45, 7) is 3.83. The van der Waals surface area contributed by atoms with E-state index in [0.717, 1.165) is 74.7 Å². The van der Waals surface area contributed by atoms with Gasteiger partial charge in [0.1, 0.15) is 6.33 Å². The molecule has 0 atom stereocenters. The number of hydrogen-bond acceptors (Lipinski definition) is 9. The van der Waals surface area contributed by atoms with Gasteiger partial charge in [0.05, 0.1) is 14.2 Å². The molecule has 3 aliphatic rings. The van der Waals surface area contributed by atoms with Gasteiger partial charge >= 0.3 is 0 Å². The van der Waals surface area contributed by atoms with Crippen LogP contribution in [-0.4, -0.2) is 94.7 Å². The van der Waals surface area contributed by atoms with Gasteiger partial charge in [0.15, 0.2) is 28.5 Å². The summed E-state index contributed by atoms with van der Waals surface area (Å²) < 4.78 is 12.9. The van der Waals surface area contributed by atoms with Gasteiger partial charge in [-0.05, 0) is 62.4 Å². The summed E-state index contributed by atoms with van der Waals surface area (Å²) in [7, 11) is 7.44. The Hall–Kier alpha value is -3.47. The Balaban J connectivity index is 1.13. The summed E-state index contributed by atoms with van der Waals surface area (Å²) in [4.78, 5) is 29.1. The lowest BCUT2D eigenvalue weighted by Crippen LogP contribution is -2.54. The quantitative estimate of drug-likeness (QED) is 0.511. The fraction of sp³-hybridized carbons (Fsp3) is 0.593. The fourth-order valence-corrected chi connectivity index (χ4v) is 6.73. The van der Waals surface area contributed by atoms with Gasteiger partial charge in [-0.1, -0.05) is 5.21 Å². The number of piperazine rings is 1. The number of likely N-dealkylation sites (N-methyl/N-ethyl adjacent to an activating group) is 1. The van der Waals surface area contributed by atoms with Gasteiger partial charge in [0.25, 0.3) is 0 Å². The number of ether oxygens (including phenoxy) is 2. The van der Waals surface area contributed by atoms with E-state index in [1.165, 1.54) is 11.1 Å². The third-order valence-corrected chi connectivity index (χ3v) is 8.98. The number of benzene rings is 1. The molecule has 2 fully saturated rings. The van der Waals surface area contributed by atoms with Gasteiger partial charge < -0.3 is 19.3 Å². The van der Waals surface area contributed by atoms with E-state index in [1.807, 2.05) is 11.9 Å². The number of nitrogens with zero attached hydrogens (tertiary/aromatic N) is 8. The Kier molecular flexibility index (Phi) is 6.33. The number of fused-ring (bicyclic) bond motifs is 3. The summed E-state index contributed by atoms with van der Waals surface area (Å²) in [6, 6.07) is 4.32. The molecule has 1 aliphatic carbocycles. The molecule has 0 bridgehead atoms. The van der Waals surface area contributed by atoms with Crippen molar-refractivity contribution in [1.29, 1.82) is 0 Å². The average molecular weight is 521 g/mol. The molecule has 11 nitrogen and oxygen atoms in total. The van der Waals surface area contributed by atoms with Crippen molar-refractivity contribution in [3.05, 3.63) is 29.6 Å². The SMILES string of the molecule is COc1cc2c(cc1OC)[C@]1(CC[C@@H](C(=O)N3CCN(c4ncnc5c4nnn5C)CC3)CC1)N(C)CC2. The first kappa shape index (κ1) is 24.8. The standard InChI is InChI=1S/C27H36N8O3/c1-32-10-7-19-15-21(37-3)22(38-4)16-20(19)27(32)8-5-18(6-9-27)26(36)35-13-11-34(12-14-35)25-23-24(28-17-29-25)33(2)31-30-23/h15-18H,5-14H2,1-4H3/t18-,27-. The van der Waals surface area contributed by atoms with E-state index in [9.17, 15) is 4.79 Å². The van der Waals surface area contributed by atoms with Crippen molar-refractivity contribution in [2.24, 2.45) is 13.0 Å². The molecule has 0 N–H and O–H groups in total. The van der Waals surface area contributed by atoms with Crippen molar-refractivity contribution in [2.75, 3.05) is 58.9 Å². The van der Waals surface area contributed by atoms with Gasteiger partial charge in [0, 0.05) is 51.2 Å². The summed E-state index contributed by atoms with van der Waals surface area (Å²) in [5.41, 5.74) is 4.04. The molecule has 1 aromatic carbocycles. The molecule has 2 aromatic heterocycles. The molecule has 1 saturated heterocycles. The second-order valence-corrected chi connectivity index (χ2v) is 10.7. The first-order chi connectivity index (χ1) is 18.4. The van der Waals surface area contributed by atoms with Crippen LogP contribution in [0.1, 0.15) is 36.8 Å². The summed E-state index contributed by atoms with van der Waals surface area (Å²) in [5.74, 6) is 2.71. The molecule has 4 heterocycles. The Bertz CT molecular complexity index is 1340. The highest BCUT2D eigenvalue weighted by Gasteiger charge is 2.46. The summed E-state index contributed by atoms with van der Waals surface area (Å²) in [5, 5.41) is 8.34. The van der Waals surface area contributed by atoms with E-state index < -0.39 is 0 Å². The lowest BCUT2D eigenvalue weighted by atomic mass is 9.68. The van der Waals surface area contributed by atoms with Crippen LogP contribution >= 0.6 is 0 Å². The molecular formula is C27H36N8O3. The minimum atomic E-state index is -0.0578. The van der Waals surface area contributed by atoms with E-state index in [1.54, 1.807) is 25.2 Å². The van der Waals surface area contributed by atoms with Gasteiger partial charge in [0.2, 0.25) is 5.91 Å². The molecule has 11 heteroatoms. The minimum absolute atomic E-state index is 0.0578. The van der Waals surface area contributed by atoms with Crippen LogP contribution in [0.4, 0.5) is 5.82 Å². The zero-order valence-corrected chi connectivity index (χ0v) is 22.7. The molecule has 202 valence electrons. The number of hydrogen-bond donors (Lipinski definition) is 0. The molecule has 6 rings (SSSR count). The average Bonchev–Trinajstić information content (AvgIpc) is 3.35. The van der Waals surface area contributed by atoms with Crippen LogP contribution in [-0.2, 0) is 23.8 Å². The number of carbonyl (C=O) groups excluding carboxylic acids is 1. The third kappa shape index (κ3) is 3.95. The maximum Gasteiger partial charge on any atom is 0.225 e. The molecule has 0 radical (unpaired) electrons. The van der Waals surface area contributed by atoms with Crippen molar-refractivity contribution < 1.29 is 14.3 Å². The van der Waals surface area contributed by atoms with Crippen LogP contribution < -0.4 is 14.4 Å². The van der Waals surface area contributed by atoms with Gasteiger partial charge in [-0.3, -0.25) is 9.69 Å². The predicted octanol–water partition coefficient (Wildman–Crippen LogP) is 2.00. The monoisotopic (exact) mass is 520 g/mol. The molecule has 1 spiro atoms. The first-order valence-electron chi connectivity index (χ1n) is 13.5. The Morgan fingerprint density at radius 1 is 0.974 bits per heavy atom. The lowest BCUT2D eigenvalue weighted by molar-refractivity contribution is -0.138. The fourth-order valence-electron chi connectivity index (χ4n) is 6.73. The number of anilines is 1. The van der Waals surface area contributed by atoms with E-state index >= 15 is 0 Å². The summed E-state index contributed by atoms with van der Waals surface area (Å²) in [6.07, 6.45) is 6.27. The molecular weight excluding hydrogens is 484 g/mol. The summed E-state index contributed by atoms with van der Waals surface area (Å²) >= 11 is 0. The second kappa shape index (κ2) is 9.68. The molecule has 1 saturated carbocycles. The zero-order valence-electron chi connectivity index (χ0n) is 22.7. The topological polar surface area (TPSA) is 102 Å². The third-order valence-electron chi connectivity index (χ3n) is 8.98. The number of aryl methyl sites for hydroxylation is 1. The van der Waals surface area contributed by atoms with Crippen molar-refractivity contribution in [2.45, 2.75) is 37.6 Å². The van der Waals surface area contributed by atoms with Gasteiger partial charge in [-0.25, -0.2) is 14.6 Å². The number of rotatable bonds is 4. The molecule has 3 aromatic rings. The van der Waals surface area contributed by atoms with Crippen LogP contribution in [0.25, 0.3) is 11.2 Å². The van der Waals surface area contributed by atoms with E-state index in [0.29, 0.717) is 18.6 Å². The van der Waals surface area contributed by atoms with Gasteiger partial charge in [-0.2, -0.15) is 0 Å². The molecule has 38 heavy (non-hydrogen) atoms. The highest BCUT2D eigenvalue weighted by molar-refractivity contribution is 5.83. The van der Waals surface area contributed by atoms with Crippen molar-refractivity contribution in [3.8, 4) is 11.5 Å². The number of methoxy groups -OCH3 is 2. The van der Waals surface area contributed by atoms with Crippen molar-refractivity contribution in [1.82, 2.24) is 34.8 Å². The van der Waals surface area contributed by atoms with Crippen LogP contribution in [0, 0.1) is 5.92 Å². The number of aromatic nitrogens is 5. The van der Waals surface area contributed by atoms with Crippen LogP contribution in [0.5, 0.6) is 11.5 Å². The predicted molar refractivity (Wildman–Crippen MR) is 142 cm³/mol. The second-order valence-electron chi connectivity index (χ2n) is 10.7. The van der Waals surface area contributed by atoms with E-state index in [-0.39, 0.29) is 17.4 Å². The van der Waals surface area contributed by atoms with Crippen LogP contribution in [0.2, 0.25) is 0 Å². The normalized spacial score (nSPS) is 24.1. The Morgan fingerprint density at radius 3 is 2.39 bits per heavy atom. The highest BCUT2D eigenvalue weighted by Crippen LogP contribution is 2.49. The Morgan fingerprint density at radius 2 is 1.68 bits per heavy atom. The van der Waals surface area contributed by atoms with Crippen LogP contribution in [0.15, 0.2) is 18.5 Å². The highest BCUT2D eigenvalue weighted by atomic mass is 16.5. The molecule has 2 aliphatic heterocycles. The van der Waals surface area contributed by atoms with Gasteiger partial charge in [-0.15, -0.1) is 5.10 Å². The lowest BCUT2D eigenvalue weighted by Gasteiger charge is -2.50.